The lowest BCUT2D eigenvalue weighted by molar-refractivity contribution is 0.245. The molecule has 1 saturated heterocycles. The molecular formula is C21H26F2N4. The first-order chi connectivity index (χ1) is 12.8. The zero-order valence-corrected chi connectivity index (χ0v) is 16.0. The molecule has 144 valence electrons. The van der Waals surface area contributed by atoms with E-state index in [9.17, 15) is 8.78 Å². The average molecular weight is 372 g/mol. The van der Waals surface area contributed by atoms with Crippen LogP contribution in [-0.4, -0.2) is 40.8 Å². The number of hydrogen-bond acceptors (Lipinski definition) is 4. The fourth-order valence-corrected chi connectivity index (χ4v) is 3.92. The number of nitrogens with one attached hydrogen (secondary N) is 1. The van der Waals surface area contributed by atoms with Crippen molar-refractivity contribution < 1.29 is 8.78 Å². The molecule has 0 spiro atoms. The summed E-state index contributed by atoms with van der Waals surface area (Å²) in [6, 6.07) is 7.26. The van der Waals surface area contributed by atoms with Crippen molar-refractivity contribution in [3.05, 3.63) is 42.0 Å². The highest BCUT2D eigenvalue weighted by molar-refractivity contribution is 5.60. The summed E-state index contributed by atoms with van der Waals surface area (Å²) in [5.41, 5.74) is 0.844. The Labute approximate surface area is 159 Å². The lowest BCUT2D eigenvalue weighted by atomic mass is 9.92. The molecule has 2 unspecified atom stereocenters. The van der Waals surface area contributed by atoms with Gasteiger partial charge in [-0.1, -0.05) is 20.8 Å². The smallest absolute Gasteiger partial charge is 0.148 e. The average Bonchev–Trinajstić information content (AvgIpc) is 3.05. The number of halogens is 2. The minimum absolute atomic E-state index is 0.131. The van der Waals surface area contributed by atoms with Crippen LogP contribution in [0.3, 0.4) is 0 Å². The van der Waals surface area contributed by atoms with Crippen LogP contribution in [0.4, 0.5) is 14.6 Å². The summed E-state index contributed by atoms with van der Waals surface area (Å²) in [6.45, 7) is 10.3. The van der Waals surface area contributed by atoms with Gasteiger partial charge in [-0.25, -0.2) is 8.78 Å². The summed E-state index contributed by atoms with van der Waals surface area (Å²) >= 11 is 0. The summed E-state index contributed by atoms with van der Waals surface area (Å²) in [5, 5.41) is 11.7. The Balaban J connectivity index is 1.32. The van der Waals surface area contributed by atoms with Gasteiger partial charge in [-0.05, 0) is 60.5 Å². The molecule has 6 heteroatoms. The number of nitrogens with zero attached hydrogens (tertiary/aromatic N) is 3. The highest BCUT2D eigenvalue weighted by Crippen LogP contribution is 2.47. The van der Waals surface area contributed by atoms with E-state index in [0.29, 0.717) is 34.8 Å². The molecule has 4 rings (SSSR count). The van der Waals surface area contributed by atoms with Crippen LogP contribution < -0.4 is 5.32 Å². The van der Waals surface area contributed by atoms with Crippen molar-refractivity contribution >= 4 is 5.82 Å². The molecule has 1 N–H and O–H groups in total. The van der Waals surface area contributed by atoms with Crippen LogP contribution >= 0.6 is 0 Å². The van der Waals surface area contributed by atoms with E-state index in [1.54, 1.807) is 12.1 Å². The molecule has 0 bridgehead atoms. The van der Waals surface area contributed by atoms with Crippen LogP contribution in [0.1, 0.15) is 27.2 Å². The third-order valence-corrected chi connectivity index (χ3v) is 5.63. The van der Waals surface area contributed by atoms with Crippen molar-refractivity contribution in [3.63, 3.8) is 0 Å². The summed E-state index contributed by atoms with van der Waals surface area (Å²) < 4.78 is 27.2. The minimum Gasteiger partial charge on any atom is -0.365 e. The molecule has 2 aliphatic rings. The summed E-state index contributed by atoms with van der Waals surface area (Å²) in [5.74, 6) is 1.05. The Morgan fingerprint density at radius 3 is 2.44 bits per heavy atom. The van der Waals surface area contributed by atoms with Gasteiger partial charge in [0.2, 0.25) is 0 Å². The molecule has 2 fully saturated rings. The van der Waals surface area contributed by atoms with Crippen molar-refractivity contribution in [2.75, 3.05) is 25.0 Å². The number of piperidine rings is 1. The van der Waals surface area contributed by atoms with Gasteiger partial charge in [-0.2, -0.15) is 0 Å². The maximum atomic E-state index is 13.9. The van der Waals surface area contributed by atoms with Crippen molar-refractivity contribution in [1.82, 2.24) is 15.1 Å². The van der Waals surface area contributed by atoms with Gasteiger partial charge in [0.15, 0.2) is 0 Å². The molecule has 0 amide bonds. The normalized spacial score (nSPS) is 24.7. The Hall–Kier alpha value is -2.08. The van der Waals surface area contributed by atoms with Gasteiger partial charge >= 0.3 is 0 Å². The second-order valence-corrected chi connectivity index (χ2v) is 9.00. The van der Waals surface area contributed by atoms with E-state index >= 15 is 0 Å². The third kappa shape index (κ3) is 4.10. The number of hydrogen-bond donors (Lipinski definition) is 1. The zero-order valence-electron chi connectivity index (χ0n) is 16.0. The van der Waals surface area contributed by atoms with Gasteiger partial charge < -0.3 is 10.2 Å². The van der Waals surface area contributed by atoms with Crippen LogP contribution in [-0.2, 0) is 0 Å². The number of likely N-dealkylation sites (tertiary alicyclic amines) is 1. The van der Waals surface area contributed by atoms with Crippen LogP contribution in [0.25, 0.3) is 11.3 Å². The highest BCUT2D eigenvalue weighted by atomic mass is 19.1. The van der Waals surface area contributed by atoms with E-state index in [4.69, 9.17) is 0 Å². The topological polar surface area (TPSA) is 41.0 Å². The predicted molar refractivity (Wildman–Crippen MR) is 102 cm³/mol. The van der Waals surface area contributed by atoms with E-state index in [0.717, 1.165) is 37.8 Å². The molecule has 2 atom stereocenters. The van der Waals surface area contributed by atoms with Gasteiger partial charge in [0, 0.05) is 24.7 Å². The fourth-order valence-electron chi connectivity index (χ4n) is 3.92. The van der Waals surface area contributed by atoms with Crippen LogP contribution in [0.5, 0.6) is 0 Å². The molecule has 4 nitrogen and oxygen atoms in total. The lowest BCUT2D eigenvalue weighted by Gasteiger charge is -2.25. The van der Waals surface area contributed by atoms with Crippen LogP contribution in [0.2, 0.25) is 0 Å². The zero-order chi connectivity index (χ0) is 19.2. The quantitative estimate of drug-likeness (QED) is 0.854. The molecule has 1 aliphatic carbocycles. The van der Waals surface area contributed by atoms with E-state index in [-0.39, 0.29) is 5.56 Å². The van der Waals surface area contributed by atoms with Crippen LogP contribution in [0, 0.1) is 28.9 Å². The number of fused-ring (bicyclic) bond motifs is 1. The van der Waals surface area contributed by atoms with Gasteiger partial charge in [0.25, 0.3) is 0 Å². The van der Waals surface area contributed by atoms with Crippen molar-refractivity contribution in [2.24, 2.45) is 17.3 Å². The second-order valence-electron chi connectivity index (χ2n) is 9.00. The lowest BCUT2D eigenvalue weighted by Crippen LogP contribution is -2.30. The van der Waals surface area contributed by atoms with E-state index in [1.165, 1.54) is 6.42 Å². The minimum atomic E-state index is -0.501. The largest absolute Gasteiger partial charge is 0.365 e. The molecule has 2 heterocycles. The first kappa shape index (κ1) is 18.3. The SMILES string of the molecule is CC(C)(C)CCN1CC2C(C1)C2Nc1ccc(-c2cc(F)ccc2F)nn1. The number of aromatic nitrogens is 2. The molecule has 0 radical (unpaired) electrons. The maximum absolute atomic E-state index is 13.9. The van der Waals surface area contributed by atoms with Gasteiger partial charge in [0.05, 0.1) is 5.69 Å². The van der Waals surface area contributed by atoms with Crippen molar-refractivity contribution in [2.45, 2.75) is 33.2 Å². The predicted octanol–water partition coefficient (Wildman–Crippen LogP) is 4.20. The maximum Gasteiger partial charge on any atom is 0.148 e. The Kier molecular flexibility index (Phi) is 4.62. The Morgan fingerprint density at radius 2 is 1.81 bits per heavy atom. The number of anilines is 1. The summed E-state index contributed by atoms with van der Waals surface area (Å²) in [6.07, 6.45) is 1.22. The van der Waals surface area contributed by atoms with Gasteiger partial charge in [-0.3, -0.25) is 0 Å². The van der Waals surface area contributed by atoms with E-state index in [2.05, 4.69) is 41.2 Å². The van der Waals surface area contributed by atoms with Crippen molar-refractivity contribution in [1.29, 1.82) is 0 Å². The molecule has 2 aromatic rings. The number of rotatable bonds is 5. The van der Waals surface area contributed by atoms with Crippen molar-refractivity contribution in [3.8, 4) is 11.3 Å². The Bertz CT molecular complexity index is 804. The monoisotopic (exact) mass is 372 g/mol. The second kappa shape index (κ2) is 6.82. The first-order valence-electron chi connectivity index (χ1n) is 9.58. The summed E-state index contributed by atoms with van der Waals surface area (Å²) in [7, 11) is 0. The van der Waals surface area contributed by atoms with E-state index < -0.39 is 11.6 Å². The first-order valence-corrected chi connectivity index (χ1v) is 9.58. The standard InChI is InChI=1S/C21H26F2N4/c1-21(2,3)8-9-27-11-15-16(12-27)20(15)24-19-7-6-18(25-26-19)14-10-13(22)4-5-17(14)23/h4-7,10,15-16,20H,8-9,11-12H2,1-3H3,(H,24,26). The van der Waals surface area contributed by atoms with Crippen LogP contribution in [0.15, 0.2) is 30.3 Å². The van der Waals surface area contributed by atoms with Gasteiger partial charge in [-0.15, -0.1) is 10.2 Å². The molecule has 1 aliphatic heterocycles. The van der Waals surface area contributed by atoms with Gasteiger partial charge in [0.1, 0.15) is 17.5 Å². The third-order valence-electron chi connectivity index (χ3n) is 5.63. The fraction of sp³-hybridized carbons (Fsp3) is 0.524. The molecular weight excluding hydrogens is 346 g/mol. The number of benzene rings is 1. The Morgan fingerprint density at radius 1 is 1.07 bits per heavy atom. The molecule has 27 heavy (non-hydrogen) atoms. The highest BCUT2D eigenvalue weighted by Gasteiger charge is 2.55. The molecule has 1 saturated carbocycles. The summed E-state index contributed by atoms with van der Waals surface area (Å²) in [4.78, 5) is 2.56. The van der Waals surface area contributed by atoms with E-state index in [1.807, 2.05) is 0 Å². The molecule has 1 aromatic heterocycles. The molecule has 1 aromatic carbocycles.